The molecule has 0 amide bonds. The largest absolute Gasteiger partial charge is 0.472 e. The van der Waals surface area contributed by atoms with Crippen LogP contribution in [-0.4, -0.2) is 105 Å². The molecule has 0 saturated carbocycles. The van der Waals surface area contributed by atoms with Gasteiger partial charge in [-0.3, -0.25) is 27.2 Å². The zero-order valence-electron chi connectivity index (χ0n) is 22.9. The van der Waals surface area contributed by atoms with Crippen LogP contribution >= 0.6 is 15.6 Å². The predicted octanol–water partition coefficient (Wildman–Crippen LogP) is -0.755. The number of aliphatic hydroxyl groups excluding tert-OH is 2. The molecule has 242 valence electrons. The summed E-state index contributed by atoms with van der Waals surface area (Å²) in [6.45, 7) is 2.37. The van der Waals surface area contributed by atoms with Crippen LogP contribution in [0, 0.1) is 0 Å². The van der Waals surface area contributed by atoms with Crippen LogP contribution in [0.4, 0.5) is 11.6 Å². The number of fused-ring (bicyclic) bond motifs is 5. The first-order valence-corrected chi connectivity index (χ1v) is 16.3. The smallest absolute Gasteiger partial charge is 0.387 e. The SMILES string of the molecule is C=C1CC(N)=Nc2c1ncn2C1OC2COP(=O)(O)OC3C(COP(=O)(O)OC1C2O)OC(n1cnc2c(N)ncnc21)C3O. The number of hydrogen-bond acceptors (Lipinski definition) is 17. The minimum atomic E-state index is -5.05. The number of nitrogen functional groups attached to an aromatic ring is 1. The maximum atomic E-state index is 13.2. The molecule has 3 saturated heterocycles. The van der Waals surface area contributed by atoms with Crippen LogP contribution < -0.4 is 11.5 Å². The molecule has 3 aromatic heterocycles. The second-order valence-corrected chi connectivity index (χ2v) is 13.4. The number of imidazole rings is 2. The Morgan fingerprint density at radius 1 is 0.867 bits per heavy atom. The summed E-state index contributed by atoms with van der Waals surface area (Å²) in [4.78, 5) is 42.0. The average Bonchev–Trinajstić information content (AvgIpc) is 3.72. The van der Waals surface area contributed by atoms with Gasteiger partial charge in [0.15, 0.2) is 29.7 Å². The summed E-state index contributed by atoms with van der Waals surface area (Å²) < 4.78 is 61.7. The second kappa shape index (κ2) is 11.0. The molecule has 0 radical (unpaired) electrons. The third-order valence-corrected chi connectivity index (χ3v) is 9.59. The van der Waals surface area contributed by atoms with Crippen molar-refractivity contribution < 1.29 is 56.7 Å². The number of aliphatic hydroxyl groups is 2. The Labute approximate surface area is 252 Å². The minimum Gasteiger partial charge on any atom is -0.387 e. The molecule has 3 aromatic rings. The summed E-state index contributed by atoms with van der Waals surface area (Å²) in [5.74, 6) is 0.449. The van der Waals surface area contributed by atoms with Crippen molar-refractivity contribution in [2.45, 2.75) is 55.5 Å². The van der Waals surface area contributed by atoms with E-state index in [4.69, 9.17) is 39.0 Å². The monoisotopic (exact) mass is 671 g/mol. The minimum absolute atomic E-state index is 0.0498. The molecule has 2 bridgehead atoms. The highest BCUT2D eigenvalue weighted by atomic mass is 31.2. The standard InChI is InChI=1S/C22H27N9O12P2/c1-8-2-11(23)29-20-12(8)27-6-31(20)22-17-14(32)9(40-22)3-38-44(34,35)42-16-10(4-39-45(36,37)43-17)41-21(15(16)33)30-7-28-13-18(24)25-5-26-19(13)30/h5-7,9-10,14-17,21-22,32-33H,1-4H2,(H2,23,29)(H,34,35)(H,36,37)(H2,24,25,26). The van der Waals surface area contributed by atoms with Crippen molar-refractivity contribution in [3.05, 3.63) is 31.3 Å². The zero-order chi connectivity index (χ0) is 31.8. The van der Waals surface area contributed by atoms with Gasteiger partial charge in [0.25, 0.3) is 0 Å². The van der Waals surface area contributed by atoms with Crippen LogP contribution in [0.25, 0.3) is 16.7 Å². The number of aliphatic imine (C=N–C) groups is 1. The molecule has 4 aliphatic heterocycles. The fraction of sp³-hybridized carbons (Fsp3) is 0.500. The summed E-state index contributed by atoms with van der Waals surface area (Å²) >= 11 is 0. The highest BCUT2D eigenvalue weighted by Gasteiger charge is 2.54. The van der Waals surface area contributed by atoms with E-state index in [1.54, 1.807) is 0 Å². The molecule has 3 fully saturated rings. The summed E-state index contributed by atoms with van der Waals surface area (Å²) in [6.07, 6.45) is -8.20. The molecule has 23 heteroatoms. The Balaban J connectivity index is 1.19. The lowest BCUT2D eigenvalue weighted by Gasteiger charge is -2.26. The lowest BCUT2D eigenvalue weighted by atomic mass is 10.1. The molecule has 21 nitrogen and oxygen atoms in total. The van der Waals surface area contributed by atoms with Crippen molar-refractivity contribution in [1.82, 2.24) is 29.1 Å². The zero-order valence-corrected chi connectivity index (χ0v) is 24.7. The summed E-state index contributed by atoms with van der Waals surface area (Å²) in [5, 5.41) is 22.2. The number of nitrogens with two attached hydrogens (primary N) is 2. The maximum Gasteiger partial charge on any atom is 0.472 e. The van der Waals surface area contributed by atoms with Gasteiger partial charge in [-0.15, -0.1) is 0 Å². The molecule has 7 heterocycles. The van der Waals surface area contributed by atoms with E-state index < -0.39 is 77.9 Å². The van der Waals surface area contributed by atoms with Crippen molar-refractivity contribution in [2.75, 3.05) is 18.9 Å². The second-order valence-electron chi connectivity index (χ2n) is 10.6. The fourth-order valence-electron chi connectivity index (χ4n) is 5.55. The molecular weight excluding hydrogens is 644 g/mol. The van der Waals surface area contributed by atoms with E-state index in [2.05, 4.69) is 31.5 Å². The lowest BCUT2D eigenvalue weighted by Crippen LogP contribution is -2.36. The molecule has 10 unspecified atom stereocenters. The van der Waals surface area contributed by atoms with E-state index in [-0.39, 0.29) is 35.1 Å². The van der Waals surface area contributed by atoms with Gasteiger partial charge in [0.2, 0.25) is 0 Å². The van der Waals surface area contributed by atoms with E-state index in [1.165, 1.54) is 21.8 Å². The Kier molecular flexibility index (Phi) is 7.43. The molecular formula is C22H27N9O12P2. The molecule has 0 aromatic carbocycles. The molecule has 8 N–H and O–H groups in total. The van der Waals surface area contributed by atoms with Gasteiger partial charge < -0.3 is 40.9 Å². The van der Waals surface area contributed by atoms with Gasteiger partial charge in [0.05, 0.1) is 25.9 Å². The topological polar surface area (TPSA) is 296 Å². The van der Waals surface area contributed by atoms with Gasteiger partial charge in [-0.05, 0) is 5.57 Å². The summed E-state index contributed by atoms with van der Waals surface area (Å²) in [6, 6.07) is 0. The Hall–Kier alpha value is -3.17. The highest BCUT2D eigenvalue weighted by Crippen LogP contribution is 2.54. The molecule has 0 aliphatic carbocycles. The number of anilines is 1. The third kappa shape index (κ3) is 5.39. The number of aromatic nitrogens is 6. The number of phosphoric ester groups is 2. The summed E-state index contributed by atoms with van der Waals surface area (Å²) in [5.41, 5.74) is 13.0. The van der Waals surface area contributed by atoms with Crippen molar-refractivity contribution in [3.8, 4) is 0 Å². The molecule has 0 spiro atoms. The van der Waals surface area contributed by atoms with Gasteiger partial charge in [-0.25, -0.2) is 34.1 Å². The number of rotatable bonds is 2. The number of nitrogens with zero attached hydrogens (tertiary/aromatic N) is 7. The van der Waals surface area contributed by atoms with Crippen LogP contribution in [0.3, 0.4) is 0 Å². The van der Waals surface area contributed by atoms with Gasteiger partial charge in [0, 0.05) is 6.42 Å². The Morgan fingerprint density at radius 2 is 1.53 bits per heavy atom. The van der Waals surface area contributed by atoms with Crippen LogP contribution in [-0.2, 0) is 36.7 Å². The molecule has 10 atom stereocenters. The van der Waals surface area contributed by atoms with E-state index >= 15 is 0 Å². The van der Waals surface area contributed by atoms with Crippen LogP contribution in [0.5, 0.6) is 0 Å². The van der Waals surface area contributed by atoms with Crippen molar-refractivity contribution in [1.29, 1.82) is 0 Å². The van der Waals surface area contributed by atoms with E-state index in [9.17, 15) is 29.1 Å². The average molecular weight is 671 g/mol. The maximum absolute atomic E-state index is 13.2. The van der Waals surface area contributed by atoms with E-state index in [0.717, 1.165) is 6.33 Å². The van der Waals surface area contributed by atoms with Crippen molar-refractivity contribution in [3.63, 3.8) is 0 Å². The van der Waals surface area contributed by atoms with Crippen LogP contribution in [0.1, 0.15) is 24.6 Å². The number of hydrogen-bond donors (Lipinski definition) is 6. The van der Waals surface area contributed by atoms with Crippen molar-refractivity contribution >= 4 is 49.9 Å². The number of ether oxygens (including phenoxy) is 2. The van der Waals surface area contributed by atoms with Crippen molar-refractivity contribution in [2.24, 2.45) is 10.7 Å². The molecule has 7 rings (SSSR count). The van der Waals surface area contributed by atoms with Crippen LogP contribution in [0.2, 0.25) is 0 Å². The first kappa shape index (κ1) is 30.5. The quantitative estimate of drug-likeness (QED) is 0.183. The van der Waals surface area contributed by atoms with Gasteiger partial charge in [-0.1, -0.05) is 6.58 Å². The van der Waals surface area contributed by atoms with Gasteiger partial charge in [-0.2, -0.15) is 0 Å². The predicted molar refractivity (Wildman–Crippen MR) is 148 cm³/mol. The summed E-state index contributed by atoms with van der Waals surface area (Å²) in [7, 11) is -10.1. The van der Waals surface area contributed by atoms with E-state index in [1.807, 2.05) is 0 Å². The third-order valence-electron chi connectivity index (χ3n) is 7.62. The molecule has 4 aliphatic rings. The van der Waals surface area contributed by atoms with E-state index in [0.29, 0.717) is 11.3 Å². The lowest BCUT2D eigenvalue weighted by molar-refractivity contribution is -0.0677. The number of phosphoric acid groups is 2. The Morgan fingerprint density at radius 3 is 2.29 bits per heavy atom. The van der Waals surface area contributed by atoms with Gasteiger partial charge >= 0.3 is 15.6 Å². The van der Waals surface area contributed by atoms with Crippen LogP contribution in [0.15, 0.2) is 30.6 Å². The normalized spacial score (nSPS) is 39.0. The Bertz CT molecular complexity index is 1800. The first-order chi connectivity index (χ1) is 21.3. The fourth-order valence-corrected chi connectivity index (χ4v) is 7.44. The highest BCUT2D eigenvalue weighted by molar-refractivity contribution is 7.47. The van der Waals surface area contributed by atoms with Gasteiger partial charge in [0.1, 0.15) is 60.0 Å². The first-order valence-electron chi connectivity index (χ1n) is 13.3. The number of amidine groups is 1. The molecule has 45 heavy (non-hydrogen) atoms.